The van der Waals surface area contributed by atoms with Gasteiger partial charge in [0.2, 0.25) is 5.91 Å². The van der Waals surface area contributed by atoms with Crippen LogP contribution in [0.4, 0.5) is 11.4 Å². The highest BCUT2D eigenvalue weighted by Crippen LogP contribution is 2.30. The van der Waals surface area contributed by atoms with Crippen LogP contribution in [0.2, 0.25) is 0 Å². The van der Waals surface area contributed by atoms with E-state index in [0.717, 1.165) is 12.8 Å². The molecule has 1 heterocycles. The molecule has 1 aliphatic rings. The SMILES string of the molecule is COc1ccc(NC(=O)C2CCCCN2/N=C/c2cccc([N+](=O)[O-])c2)cc1OC. The Morgan fingerprint density at radius 3 is 2.73 bits per heavy atom. The highest BCUT2D eigenvalue weighted by Gasteiger charge is 2.28. The van der Waals surface area contributed by atoms with E-state index in [-0.39, 0.29) is 11.6 Å². The minimum Gasteiger partial charge on any atom is -0.493 e. The third kappa shape index (κ3) is 5.05. The molecule has 1 aliphatic heterocycles. The molecule has 1 N–H and O–H groups in total. The first-order valence-corrected chi connectivity index (χ1v) is 9.60. The Morgan fingerprint density at radius 1 is 1.20 bits per heavy atom. The van der Waals surface area contributed by atoms with Crippen molar-refractivity contribution in [1.29, 1.82) is 0 Å². The Hall–Kier alpha value is -3.62. The number of hydrogen-bond donors (Lipinski definition) is 1. The van der Waals surface area contributed by atoms with Crippen LogP contribution in [0.25, 0.3) is 0 Å². The Labute approximate surface area is 174 Å². The number of carbonyl (C=O) groups is 1. The second kappa shape index (κ2) is 9.73. The first-order chi connectivity index (χ1) is 14.5. The Bertz CT molecular complexity index is 947. The molecule has 2 aromatic rings. The fraction of sp³-hybridized carbons (Fsp3) is 0.333. The van der Waals surface area contributed by atoms with Crippen molar-refractivity contribution >= 4 is 23.5 Å². The molecule has 158 valence electrons. The minimum atomic E-state index is -0.447. The third-order valence-corrected chi connectivity index (χ3v) is 4.86. The smallest absolute Gasteiger partial charge is 0.270 e. The molecule has 1 saturated heterocycles. The Balaban J connectivity index is 1.73. The van der Waals surface area contributed by atoms with Crippen LogP contribution in [0.3, 0.4) is 0 Å². The zero-order valence-electron chi connectivity index (χ0n) is 16.9. The number of methoxy groups -OCH3 is 2. The summed E-state index contributed by atoms with van der Waals surface area (Å²) >= 11 is 0. The van der Waals surface area contributed by atoms with Gasteiger partial charge in [0.1, 0.15) is 6.04 Å². The van der Waals surface area contributed by atoms with Crippen LogP contribution in [-0.2, 0) is 4.79 Å². The molecule has 0 aliphatic carbocycles. The van der Waals surface area contributed by atoms with E-state index < -0.39 is 11.0 Å². The van der Waals surface area contributed by atoms with Gasteiger partial charge in [-0.3, -0.25) is 19.9 Å². The van der Waals surface area contributed by atoms with E-state index in [4.69, 9.17) is 9.47 Å². The summed E-state index contributed by atoms with van der Waals surface area (Å²) in [6.45, 7) is 0.634. The van der Waals surface area contributed by atoms with E-state index in [1.807, 2.05) is 0 Å². The van der Waals surface area contributed by atoms with Crippen LogP contribution >= 0.6 is 0 Å². The van der Waals surface area contributed by atoms with Crippen LogP contribution < -0.4 is 14.8 Å². The van der Waals surface area contributed by atoms with Gasteiger partial charge in [0.05, 0.1) is 25.4 Å². The van der Waals surface area contributed by atoms with Crippen molar-refractivity contribution in [3.63, 3.8) is 0 Å². The number of piperidine rings is 1. The van der Waals surface area contributed by atoms with E-state index in [9.17, 15) is 14.9 Å². The number of hydrazone groups is 1. The van der Waals surface area contributed by atoms with Crippen molar-refractivity contribution in [2.75, 3.05) is 26.1 Å². The molecule has 3 rings (SSSR count). The molecule has 1 unspecified atom stereocenters. The number of amides is 1. The maximum Gasteiger partial charge on any atom is 0.270 e. The van der Waals surface area contributed by atoms with E-state index in [2.05, 4.69) is 10.4 Å². The van der Waals surface area contributed by atoms with Gasteiger partial charge < -0.3 is 14.8 Å². The molecule has 1 atom stereocenters. The maximum absolute atomic E-state index is 12.9. The monoisotopic (exact) mass is 412 g/mol. The predicted octanol–water partition coefficient (Wildman–Crippen LogP) is 3.44. The number of rotatable bonds is 7. The third-order valence-electron chi connectivity index (χ3n) is 4.86. The summed E-state index contributed by atoms with van der Waals surface area (Å²) in [5.41, 5.74) is 1.21. The average molecular weight is 412 g/mol. The number of benzene rings is 2. The normalized spacial score (nSPS) is 16.3. The van der Waals surface area contributed by atoms with Gasteiger partial charge in [0.25, 0.3) is 5.69 Å². The van der Waals surface area contributed by atoms with Crippen molar-refractivity contribution in [1.82, 2.24) is 5.01 Å². The molecule has 0 aromatic heterocycles. The summed E-state index contributed by atoms with van der Waals surface area (Å²) in [7, 11) is 3.09. The predicted molar refractivity (Wildman–Crippen MR) is 113 cm³/mol. The number of nitrogens with zero attached hydrogens (tertiary/aromatic N) is 3. The number of nitro groups is 1. The number of carbonyl (C=O) groups excluding carboxylic acids is 1. The van der Waals surface area contributed by atoms with Gasteiger partial charge in [0, 0.05) is 36.0 Å². The fourth-order valence-electron chi connectivity index (χ4n) is 3.32. The standard InChI is InChI=1S/C21H24N4O5/c1-29-19-10-9-16(13-20(19)30-2)23-21(26)18-8-3-4-11-24(18)22-14-15-6-5-7-17(12-15)25(27)28/h5-7,9-10,12-14,18H,3-4,8,11H2,1-2H3,(H,23,26)/b22-14+. The molecule has 0 bridgehead atoms. The topological polar surface area (TPSA) is 106 Å². The van der Waals surface area contributed by atoms with Crippen molar-refractivity contribution in [2.24, 2.45) is 5.10 Å². The van der Waals surface area contributed by atoms with Gasteiger partial charge in [-0.05, 0) is 31.4 Å². The quantitative estimate of drug-likeness (QED) is 0.424. The first-order valence-electron chi connectivity index (χ1n) is 9.60. The maximum atomic E-state index is 12.9. The van der Waals surface area contributed by atoms with Crippen LogP contribution in [0.1, 0.15) is 24.8 Å². The zero-order chi connectivity index (χ0) is 21.5. The molecule has 0 saturated carbocycles. The lowest BCUT2D eigenvalue weighted by Crippen LogP contribution is -2.44. The average Bonchev–Trinajstić information content (AvgIpc) is 2.77. The molecule has 0 radical (unpaired) electrons. The number of nitro benzene ring substituents is 1. The highest BCUT2D eigenvalue weighted by molar-refractivity contribution is 5.95. The summed E-state index contributed by atoms with van der Waals surface area (Å²) in [6.07, 6.45) is 4.07. The summed E-state index contributed by atoms with van der Waals surface area (Å²) in [6, 6.07) is 11.0. The van der Waals surface area contributed by atoms with Crippen LogP contribution in [0.5, 0.6) is 11.5 Å². The van der Waals surface area contributed by atoms with Crippen molar-refractivity contribution < 1.29 is 19.2 Å². The van der Waals surface area contributed by atoms with E-state index in [1.165, 1.54) is 19.2 Å². The van der Waals surface area contributed by atoms with E-state index >= 15 is 0 Å². The van der Waals surface area contributed by atoms with Crippen LogP contribution in [-0.4, -0.2) is 48.9 Å². The second-order valence-electron chi connectivity index (χ2n) is 6.83. The highest BCUT2D eigenvalue weighted by atomic mass is 16.6. The summed E-state index contributed by atoms with van der Waals surface area (Å²) < 4.78 is 10.5. The van der Waals surface area contributed by atoms with Crippen molar-refractivity contribution in [3.8, 4) is 11.5 Å². The molecule has 30 heavy (non-hydrogen) atoms. The fourth-order valence-corrected chi connectivity index (χ4v) is 3.32. The van der Waals surface area contributed by atoms with Crippen molar-refractivity contribution in [2.45, 2.75) is 25.3 Å². The molecule has 1 fully saturated rings. The van der Waals surface area contributed by atoms with Gasteiger partial charge in [-0.2, -0.15) is 5.10 Å². The lowest BCUT2D eigenvalue weighted by Gasteiger charge is -2.32. The molecule has 2 aromatic carbocycles. The number of hydrogen-bond acceptors (Lipinski definition) is 7. The lowest BCUT2D eigenvalue weighted by molar-refractivity contribution is -0.384. The molecular formula is C21H24N4O5. The lowest BCUT2D eigenvalue weighted by atomic mass is 10.0. The first kappa shape index (κ1) is 21.1. The number of ether oxygens (including phenoxy) is 2. The van der Waals surface area contributed by atoms with Gasteiger partial charge >= 0.3 is 0 Å². The summed E-state index contributed by atoms with van der Waals surface area (Å²) in [4.78, 5) is 23.4. The molecular weight excluding hydrogens is 388 g/mol. The number of non-ortho nitro benzene ring substituents is 1. The van der Waals surface area contributed by atoms with E-state index in [1.54, 1.807) is 48.7 Å². The van der Waals surface area contributed by atoms with Crippen LogP contribution in [0.15, 0.2) is 47.6 Å². The summed E-state index contributed by atoms with van der Waals surface area (Å²) in [5, 5.41) is 20.0. The molecule has 1 amide bonds. The second-order valence-corrected chi connectivity index (χ2v) is 6.83. The van der Waals surface area contributed by atoms with E-state index in [0.29, 0.717) is 35.7 Å². The van der Waals surface area contributed by atoms with Gasteiger partial charge in [0.15, 0.2) is 11.5 Å². The Kier molecular flexibility index (Phi) is 6.84. The zero-order valence-corrected chi connectivity index (χ0v) is 16.9. The van der Waals surface area contributed by atoms with Gasteiger partial charge in [-0.1, -0.05) is 12.1 Å². The number of nitrogens with one attached hydrogen (secondary N) is 1. The van der Waals surface area contributed by atoms with Crippen molar-refractivity contribution in [3.05, 3.63) is 58.1 Å². The number of anilines is 1. The Morgan fingerprint density at radius 2 is 2.00 bits per heavy atom. The molecule has 9 heteroatoms. The summed E-state index contributed by atoms with van der Waals surface area (Å²) in [5.74, 6) is 0.939. The molecule has 0 spiro atoms. The van der Waals surface area contributed by atoms with Gasteiger partial charge in [-0.25, -0.2) is 0 Å². The largest absolute Gasteiger partial charge is 0.493 e. The van der Waals surface area contributed by atoms with Crippen LogP contribution in [0, 0.1) is 10.1 Å². The van der Waals surface area contributed by atoms with Gasteiger partial charge in [-0.15, -0.1) is 0 Å². The minimum absolute atomic E-state index is 0.000315. The molecule has 9 nitrogen and oxygen atoms in total.